The van der Waals surface area contributed by atoms with E-state index in [1.165, 1.54) is 0 Å². The summed E-state index contributed by atoms with van der Waals surface area (Å²) >= 11 is 0. The van der Waals surface area contributed by atoms with Crippen LogP contribution in [0.2, 0.25) is 0 Å². The minimum atomic E-state index is -2.92. The van der Waals surface area contributed by atoms with Crippen LogP contribution in [0, 0.1) is 11.3 Å². The average molecular weight is 199 g/mol. The molecule has 4 nitrogen and oxygen atoms in total. The topological polar surface area (TPSA) is 82.9 Å². The van der Waals surface area contributed by atoms with E-state index in [1.54, 1.807) is 6.07 Å². The van der Waals surface area contributed by atoms with Crippen LogP contribution in [0.25, 0.3) is 0 Å². The molecule has 0 radical (unpaired) electrons. The van der Waals surface area contributed by atoms with Gasteiger partial charge < -0.3 is 10.8 Å². The highest BCUT2D eigenvalue weighted by Gasteiger charge is 2.21. The van der Waals surface area contributed by atoms with E-state index in [4.69, 9.17) is 16.1 Å². The Hall–Kier alpha value is -1.74. The first kappa shape index (κ1) is 10.3. The quantitative estimate of drug-likeness (QED) is 0.745. The lowest BCUT2D eigenvalue weighted by molar-refractivity contribution is 0.147. The number of nitrogens with two attached hydrogens (primary N) is 1. The normalized spacial score (nSPS) is 10.2. The minimum Gasteiger partial charge on any atom is -0.506 e. The number of alkyl halides is 2. The molecule has 0 amide bonds. The summed E-state index contributed by atoms with van der Waals surface area (Å²) in [6.45, 7) is -0.122. The van der Waals surface area contributed by atoms with Crippen molar-refractivity contribution < 1.29 is 13.9 Å². The summed E-state index contributed by atoms with van der Waals surface area (Å²) in [5.41, 5.74) is 4.21. The number of halogens is 2. The van der Waals surface area contributed by atoms with Gasteiger partial charge in [-0.1, -0.05) is 0 Å². The second-order valence-electron chi connectivity index (χ2n) is 2.50. The van der Waals surface area contributed by atoms with Gasteiger partial charge in [0.1, 0.15) is 11.8 Å². The predicted molar refractivity (Wildman–Crippen MR) is 43.5 cm³/mol. The zero-order chi connectivity index (χ0) is 10.7. The van der Waals surface area contributed by atoms with E-state index in [2.05, 4.69) is 4.98 Å². The fourth-order valence-electron chi connectivity index (χ4n) is 1.06. The van der Waals surface area contributed by atoms with Gasteiger partial charge in [0.15, 0.2) is 0 Å². The molecule has 0 saturated heterocycles. The van der Waals surface area contributed by atoms with Crippen LogP contribution in [-0.4, -0.2) is 10.1 Å². The Balaban J connectivity index is 3.45. The maximum Gasteiger partial charge on any atom is 0.268 e. The smallest absolute Gasteiger partial charge is 0.268 e. The third-order valence-electron chi connectivity index (χ3n) is 1.70. The molecule has 0 atom stereocenters. The van der Waals surface area contributed by atoms with Crippen LogP contribution in [0.5, 0.6) is 5.75 Å². The highest BCUT2D eigenvalue weighted by atomic mass is 19.3. The van der Waals surface area contributed by atoms with E-state index >= 15 is 0 Å². The molecule has 3 N–H and O–H groups in total. The summed E-state index contributed by atoms with van der Waals surface area (Å²) in [7, 11) is 0. The number of aromatic hydroxyl groups is 1. The SMILES string of the molecule is N#Cc1c(CN)ncc(O)c1C(F)F. The molecule has 6 heteroatoms. The molecule has 0 aliphatic heterocycles. The summed E-state index contributed by atoms with van der Waals surface area (Å²) in [4.78, 5) is 3.58. The van der Waals surface area contributed by atoms with Crippen molar-refractivity contribution in [2.45, 2.75) is 13.0 Å². The van der Waals surface area contributed by atoms with Gasteiger partial charge in [0, 0.05) is 6.54 Å². The van der Waals surface area contributed by atoms with Gasteiger partial charge in [-0.25, -0.2) is 8.78 Å². The lowest BCUT2D eigenvalue weighted by Crippen LogP contribution is -2.06. The molecular formula is C8H7F2N3O. The molecule has 0 aliphatic rings. The van der Waals surface area contributed by atoms with E-state index in [1.807, 2.05) is 0 Å². The van der Waals surface area contributed by atoms with Crippen LogP contribution in [-0.2, 0) is 6.54 Å². The summed E-state index contributed by atoms with van der Waals surface area (Å²) in [5, 5.41) is 17.7. The van der Waals surface area contributed by atoms with Crippen molar-refractivity contribution in [3.05, 3.63) is 23.0 Å². The van der Waals surface area contributed by atoms with Crippen LogP contribution in [0.3, 0.4) is 0 Å². The standard InChI is InChI=1S/C8H7F2N3O/c9-8(10)7-4(1-11)5(2-12)13-3-6(7)14/h3,8,14H,2,12H2. The Labute approximate surface area is 78.6 Å². The first-order chi connectivity index (χ1) is 6.61. The van der Waals surface area contributed by atoms with Gasteiger partial charge in [-0.3, -0.25) is 4.98 Å². The average Bonchev–Trinajstić information content (AvgIpc) is 2.16. The third-order valence-corrected chi connectivity index (χ3v) is 1.70. The van der Waals surface area contributed by atoms with Crippen molar-refractivity contribution in [3.8, 4) is 11.8 Å². The number of nitriles is 1. The molecule has 0 spiro atoms. The second kappa shape index (κ2) is 3.98. The Morgan fingerprint density at radius 1 is 1.64 bits per heavy atom. The van der Waals surface area contributed by atoms with Gasteiger partial charge in [0.25, 0.3) is 6.43 Å². The van der Waals surface area contributed by atoms with Gasteiger partial charge >= 0.3 is 0 Å². The van der Waals surface area contributed by atoms with E-state index in [9.17, 15) is 8.78 Å². The van der Waals surface area contributed by atoms with E-state index < -0.39 is 17.7 Å². The number of nitrogens with zero attached hydrogens (tertiary/aromatic N) is 2. The lowest BCUT2D eigenvalue weighted by atomic mass is 10.1. The predicted octanol–water partition coefficient (Wildman–Crippen LogP) is 1.06. The number of pyridine rings is 1. The van der Waals surface area contributed by atoms with Gasteiger partial charge in [-0.05, 0) is 0 Å². The van der Waals surface area contributed by atoms with Gasteiger partial charge in [0.2, 0.25) is 0 Å². The summed E-state index contributed by atoms with van der Waals surface area (Å²) in [5.74, 6) is -0.686. The molecular weight excluding hydrogens is 192 g/mol. The van der Waals surface area contributed by atoms with Crippen molar-refractivity contribution >= 4 is 0 Å². The molecule has 0 saturated carbocycles. The Bertz CT molecular complexity index is 387. The molecule has 0 fully saturated rings. The Kier molecular flexibility index (Phi) is 2.94. The third kappa shape index (κ3) is 1.63. The molecule has 1 heterocycles. The zero-order valence-electron chi connectivity index (χ0n) is 7.04. The van der Waals surface area contributed by atoms with Crippen LogP contribution in [0.4, 0.5) is 8.78 Å². The fourth-order valence-corrected chi connectivity index (χ4v) is 1.06. The summed E-state index contributed by atoms with van der Waals surface area (Å²) in [6, 6.07) is 1.55. The molecule has 14 heavy (non-hydrogen) atoms. The largest absolute Gasteiger partial charge is 0.506 e. The summed E-state index contributed by atoms with van der Waals surface area (Å²) < 4.78 is 24.8. The van der Waals surface area contributed by atoms with E-state index in [0.717, 1.165) is 6.20 Å². The number of hydrogen-bond acceptors (Lipinski definition) is 4. The fraction of sp³-hybridized carbons (Fsp3) is 0.250. The maximum absolute atomic E-state index is 12.4. The van der Waals surface area contributed by atoms with Crippen LogP contribution >= 0.6 is 0 Å². The molecule has 1 rings (SSSR count). The van der Waals surface area contributed by atoms with Gasteiger partial charge in [-0.15, -0.1) is 0 Å². The van der Waals surface area contributed by atoms with Crippen molar-refractivity contribution in [2.24, 2.45) is 5.73 Å². The van der Waals surface area contributed by atoms with Crippen molar-refractivity contribution in [3.63, 3.8) is 0 Å². The first-order valence-corrected chi connectivity index (χ1v) is 3.70. The molecule has 1 aromatic rings. The van der Waals surface area contributed by atoms with Crippen LogP contribution in [0.15, 0.2) is 6.20 Å². The molecule has 1 aromatic heterocycles. The molecule has 74 valence electrons. The monoisotopic (exact) mass is 199 g/mol. The molecule has 0 unspecified atom stereocenters. The lowest BCUT2D eigenvalue weighted by Gasteiger charge is -2.07. The number of hydrogen-bond donors (Lipinski definition) is 2. The van der Waals surface area contributed by atoms with Crippen molar-refractivity contribution in [1.29, 1.82) is 5.26 Å². The van der Waals surface area contributed by atoms with Gasteiger partial charge in [-0.2, -0.15) is 5.26 Å². The maximum atomic E-state index is 12.4. The molecule has 0 bridgehead atoms. The minimum absolute atomic E-state index is 0.0561. The van der Waals surface area contributed by atoms with Crippen LogP contribution < -0.4 is 5.73 Å². The molecule has 0 aromatic carbocycles. The van der Waals surface area contributed by atoms with Crippen LogP contribution in [0.1, 0.15) is 23.2 Å². The van der Waals surface area contributed by atoms with E-state index in [0.29, 0.717) is 0 Å². The highest BCUT2D eigenvalue weighted by molar-refractivity contribution is 5.48. The number of aromatic nitrogens is 1. The second-order valence-corrected chi connectivity index (χ2v) is 2.50. The Morgan fingerprint density at radius 2 is 2.29 bits per heavy atom. The van der Waals surface area contributed by atoms with E-state index in [-0.39, 0.29) is 17.8 Å². The van der Waals surface area contributed by atoms with Crippen molar-refractivity contribution in [2.75, 3.05) is 0 Å². The summed E-state index contributed by atoms with van der Waals surface area (Å²) in [6.07, 6.45) is -2.05. The van der Waals surface area contributed by atoms with Crippen molar-refractivity contribution in [1.82, 2.24) is 4.98 Å². The zero-order valence-corrected chi connectivity index (χ0v) is 7.04. The Morgan fingerprint density at radius 3 is 2.71 bits per heavy atom. The first-order valence-electron chi connectivity index (χ1n) is 3.70. The number of rotatable bonds is 2. The highest BCUT2D eigenvalue weighted by Crippen LogP contribution is 2.31. The van der Waals surface area contributed by atoms with Gasteiger partial charge in [0.05, 0.1) is 23.0 Å². The molecule has 0 aliphatic carbocycles.